The molecule has 7 nitrogen and oxygen atoms in total. The Labute approximate surface area is 115 Å². The van der Waals surface area contributed by atoms with Crippen molar-refractivity contribution < 1.29 is 23.1 Å². The fourth-order valence-corrected chi connectivity index (χ4v) is 3.59. The lowest BCUT2D eigenvalue weighted by atomic mass is 10.2. The van der Waals surface area contributed by atoms with Crippen molar-refractivity contribution in [3.05, 3.63) is 24.3 Å². The molecule has 20 heavy (non-hydrogen) atoms. The lowest BCUT2D eigenvalue weighted by molar-refractivity contribution is -0.136. The maximum Gasteiger partial charge on any atom is 0.313 e. The van der Waals surface area contributed by atoms with E-state index in [2.05, 4.69) is 10.6 Å². The molecule has 2 rings (SSSR count). The van der Waals surface area contributed by atoms with E-state index in [-0.39, 0.29) is 22.9 Å². The van der Waals surface area contributed by atoms with E-state index >= 15 is 0 Å². The topological polar surface area (TPSA) is 113 Å². The molecule has 1 aromatic carbocycles. The lowest BCUT2D eigenvalue weighted by Gasteiger charge is -2.11. The highest BCUT2D eigenvalue weighted by atomic mass is 32.2. The fourth-order valence-electron chi connectivity index (χ4n) is 1.92. The minimum atomic E-state index is -3.12. The molecule has 0 aliphatic carbocycles. The first-order valence-corrected chi connectivity index (χ1v) is 7.80. The Morgan fingerprint density at radius 1 is 1.20 bits per heavy atom. The number of carbonyl (C=O) groups excluding carboxylic acids is 2. The van der Waals surface area contributed by atoms with Crippen LogP contribution in [0.3, 0.4) is 0 Å². The summed E-state index contributed by atoms with van der Waals surface area (Å²) < 4.78 is 22.5. The average Bonchev–Trinajstić information content (AvgIpc) is 2.71. The van der Waals surface area contributed by atoms with Crippen LogP contribution in [0.25, 0.3) is 0 Å². The SMILES string of the molecule is O=C(Nc1ccccc1O)C(=O)NC1CCS(=O)(=O)C1. The number of rotatable bonds is 2. The van der Waals surface area contributed by atoms with Crippen LogP contribution in [0, 0.1) is 0 Å². The zero-order chi connectivity index (χ0) is 14.8. The van der Waals surface area contributed by atoms with Gasteiger partial charge in [-0.05, 0) is 18.6 Å². The summed E-state index contributed by atoms with van der Waals surface area (Å²) in [5.41, 5.74) is 0.117. The van der Waals surface area contributed by atoms with Gasteiger partial charge >= 0.3 is 11.8 Å². The molecule has 1 saturated heterocycles. The molecule has 1 aliphatic heterocycles. The fraction of sp³-hybridized carbons (Fsp3) is 0.333. The molecule has 1 aliphatic rings. The molecule has 0 spiro atoms. The van der Waals surface area contributed by atoms with Gasteiger partial charge in [0.25, 0.3) is 0 Å². The summed E-state index contributed by atoms with van der Waals surface area (Å²) in [5, 5.41) is 14.1. The van der Waals surface area contributed by atoms with Crippen molar-refractivity contribution in [2.24, 2.45) is 0 Å². The van der Waals surface area contributed by atoms with Gasteiger partial charge in [0, 0.05) is 6.04 Å². The third kappa shape index (κ3) is 3.47. The van der Waals surface area contributed by atoms with Crippen LogP contribution in [0.2, 0.25) is 0 Å². The molecule has 1 fully saturated rings. The van der Waals surface area contributed by atoms with Gasteiger partial charge in [0.2, 0.25) is 0 Å². The number of anilines is 1. The Kier molecular flexibility index (Phi) is 3.93. The van der Waals surface area contributed by atoms with Crippen LogP contribution >= 0.6 is 0 Å². The molecule has 1 unspecified atom stereocenters. The number of benzene rings is 1. The summed E-state index contributed by atoms with van der Waals surface area (Å²) in [6, 6.07) is 5.45. The van der Waals surface area contributed by atoms with Crippen molar-refractivity contribution in [1.29, 1.82) is 0 Å². The summed E-state index contributed by atoms with van der Waals surface area (Å²) in [5.74, 6) is -2.16. The highest BCUT2D eigenvalue weighted by Gasteiger charge is 2.30. The lowest BCUT2D eigenvalue weighted by Crippen LogP contribution is -2.42. The number of phenols is 1. The highest BCUT2D eigenvalue weighted by molar-refractivity contribution is 7.91. The first-order valence-electron chi connectivity index (χ1n) is 5.98. The summed E-state index contributed by atoms with van der Waals surface area (Å²) in [4.78, 5) is 23.3. The highest BCUT2D eigenvalue weighted by Crippen LogP contribution is 2.21. The second-order valence-corrected chi connectivity index (χ2v) is 6.77. The first kappa shape index (κ1) is 14.3. The molecule has 1 aromatic rings. The van der Waals surface area contributed by atoms with Crippen LogP contribution in [-0.4, -0.2) is 42.9 Å². The third-order valence-electron chi connectivity index (χ3n) is 2.93. The Hall–Kier alpha value is -2.09. The summed E-state index contributed by atoms with van der Waals surface area (Å²) in [6.07, 6.45) is 0.304. The quantitative estimate of drug-likeness (QED) is 0.509. The molecule has 0 saturated carbocycles. The summed E-state index contributed by atoms with van der Waals surface area (Å²) >= 11 is 0. The van der Waals surface area contributed by atoms with Gasteiger partial charge in [-0.2, -0.15) is 0 Å². The van der Waals surface area contributed by atoms with Crippen molar-refractivity contribution in [3.8, 4) is 5.75 Å². The van der Waals surface area contributed by atoms with Crippen LogP contribution in [0.4, 0.5) is 5.69 Å². The molecule has 1 heterocycles. The standard InChI is InChI=1S/C12H14N2O5S/c15-10-4-2-1-3-9(10)14-12(17)11(16)13-8-5-6-20(18,19)7-8/h1-4,8,15H,5-7H2,(H,13,16)(H,14,17). The van der Waals surface area contributed by atoms with Crippen molar-refractivity contribution in [3.63, 3.8) is 0 Å². The monoisotopic (exact) mass is 298 g/mol. The third-order valence-corrected chi connectivity index (χ3v) is 4.69. The molecule has 2 amide bonds. The Morgan fingerprint density at radius 2 is 1.90 bits per heavy atom. The van der Waals surface area contributed by atoms with Crippen molar-refractivity contribution in [1.82, 2.24) is 5.32 Å². The molecule has 1 atom stereocenters. The van der Waals surface area contributed by atoms with Gasteiger partial charge in [-0.25, -0.2) is 8.42 Å². The number of aromatic hydroxyl groups is 1. The molecular weight excluding hydrogens is 284 g/mol. The molecular formula is C12H14N2O5S. The molecule has 0 radical (unpaired) electrons. The van der Waals surface area contributed by atoms with Gasteiger partial charge < -0.3 is 15.7 Å². The van der Waals surface area contributed by atoms with Crippen LogP contribution in [0.5, 0.6) is 5.75 Å². The average molecular weight is 298 g/mol. The van der Waals surface area contributed by atoms with E-state index in [1.54, 1.807) is 12.1 Å². The normalized spacial score (nSPS) is 20.3. The minimum Gasteiger partial charge on any atom is -0.506 e. The van der Waals surface area contributed by atoms with Crippen LogP contribution < -0.4 is 10.6 Å². The van der Waals surface area contributed by atoms with E-state index < -0.39 is 27.7 Å². The van der Waals surface area contributed by atoms with Gasteiger partial charge in [-0.3, -0.25) is 9.59 Å². The number of sulfone groups is 1. The predicted octanol–water partition coefficient (Wildman–Crippen LogP) is -0.366. The summed E-state index contributed by atoms with van der Waals surface area (Å²) in [7, 11) is -3.12. The van der Waals surface area contributed by atoms with Crippen LogP contribution in [0.15, 0.2) is 24.3 Å². The van der Waals surface area contributed by atoms with Crippen LogP contribution in [0.1, 0.15) is 6.42 Å². The van der Waals surface area contributed by atoms with Gasteiger partial charge in [-0.15, -0.1) is 0 Å². The minimum absolute atomic E-state index is 0.0129. The second-order valence-electron chi connectivity index (χ2n) is 4.54. The zero-order valence-electron chi connectivity index (χ0n) is 10.5. The summed E-state index contributed by atoms with van der Waals surface area (Å²) in [6.45, 7) is 0. The maximum absolute atomic E-state index is 11.6. The Morgan fingerprint density at radius 3 is 2.50 bits per heavy atom. The van der Waals surface area contributed by atoms with Gasteiger partial charge in [0.1, 0.15) is 5.75 Å². The van der Waals surface area contributed by atoms with Gasteiger partial charge in [0.05, 0.1) is 17.2 Å². The smallest absolute Gasteiger partial charge is 0.313 e. The predicted molar refractivity (Wildman–Crippen MR) is 71.9 cm³/mol. The van der Waals surface area contributed by atoms with E-state index in [4.69, 9.17) is 0 Å². The number of amides is 2. The van der Waals surface area contributed by atoms with Crippen molar-refractivity contribution >= 4 is 27.3 Å². The largest absolute Gasteiger partial charge is 0.506 e. The maximum atomic E-state index is 11.6. The van der Waals surface area contributed by atoms with E-state index in [9.17, 15) is 23.1 Å². The van der Waals surface area contributed by atoms with E-state index in [0.29, 0.717) is 6.42 Å². The van der Waals surface area contributed by atoms with E-state index in [1.165, 1.54) is 12.1 Å². The molecule has 0 bridgehead atoms. The number of hydrogen-bond acceptors (Lipinski definition) is 5. The Bertz CT molecular complexity index is 641. The number of phenolic OH excluding ortho intramolecular Hbond substituents is 1. The first-order chi connectivity index (χ1) is 9.37. The van der Waals surface area contributed by atoms with Crippen LogP contribution in [-0.2, 0) is 19.4 Å². The van der Waals surface area contributed by atoms with Crippen molar-refractivity contribution in [2.45, 2.75) is 12.5 Å². The molecule has 108 valence electrons. The molecule has 8 heteroatoms. The van der Waals surface area contributed by atoms with Gasteiger partial charge in [0.15, 0.2) is 9.84 Å². The zero-order valence-corrected chi connectivity index (χ0v) is 11.3. The van der Waals surface area contributed by atoms with Gasteiger partial charge in [-0.1, -0.05) is 12.1 Å². The number of para-hydroxylation sites is 2. The molecule has 3 N–H and O–H groups in total. The number of nitrogens with one attached hydrogen (secondary N) is 2. The Balaban J connectivity index is 1.93. The number of hydrogen-bond donors (Lipinski definition) is 3. The second kappa shape index (κ2) is 5.49. The van der Waals surface area contributed by atoms with E-state index in [0.717, 1.165) is 0 Å². The number of carbonyl (C=O) groups is 2. The van der Waals surface area contributed by atoms with E-state index in [1.807, 2.05) is 0 Å². The van der Waals surface area contributed by atoms with Crippen molar-refractivity contribution in [2.75, 3.05) is 16.8 Å². The molecule has 0 aromatic heterocycles.